The first-order valence-electron chi connectivity index (χ1n) is 14.9. The molecule has 216 valence electrons. The second kappa shape index (κ2) is 10.9. The van der Waals surface area contributed by atoms with E-state index in [-0.39, 0.29) is 48.3 Å². The van der Waals surface area contributed by atoms with Crippen LogP contribution in [0.4, 0.5) is 13.6 Å². The Bertz CT molecular complexity index is 1040. The molecule has 3 amide bonds. The molecule has 3 aliphatic heterocycles. The summed E-state index contributed by atoms with van der Waals surface area (Å²) < 4.78 is 27.1. The summed E-state index contributed by atoms with van der Waals surface area (Å²) in [7, 11) is 0. The van der Waals surface area contributed by atoms with Crippen molar-refractivity contribution in [3.8, 4) is 0 Å². The van der Waals surface area contributed by atoms with Gasteiger partial charge in [-0.3, -0.25) is 14.7 Å². The number of aryl methyl sites for hydroxylation is 2. The maximum absolute atomic E-state index is 13.6. The van der Waals surface area contributed by atoms with Crippen molar-refractivity contribution in [2.75, 3.05) is 39.3 Å². The first kappa shape index (κ1) is 28.2. The smallest absolute Gasteiger partial charge is 0.320 e. The average molecular weight is 546 g/mol. The highest BCUT2D eigenvalue weighted by molar-refractivity contribution is 5.96. The molecular weight excluding hydrogens is 500 g/mol. The quantitative estimate of drug-likeness (QED) is 0.516. The molecule has 0 bridgehead atoms. The van der Waals surface area contributed by atoms with Gasteiger partial charge in [-0.25, -0.2) is 13.6 Å². The van der Waals surface area contributed by atoms with Crippen LogP contribution in [0, 0.1) is 19.8 Å². The second-order valence-electron chi connectivity index (χ2n) is 12.8. The molecule has 1 saturated carbocycles. The zero-order chi connectivity index (χ0) is 27.9. The predicted molar refractivity (Wildman–Crippen MR) is 147 cm³/mol. The monoisotopic (exact) mass is 545 g/mol. The number of amides is 3. The molecule has 39 heavy (non-hydrogen) atoms. The molecule has 0 N–H and O–H groups in total. The highest BCUT2D eigenvalue weighted by Gasteiger charge is 2.44. The molecule has 0 spiro atoms. The molecular formula is C30H45F2N5O2. The fraction of sp³-hybridized carbons (Fsp3) is 0.767. The SMILES string of the molecule is Cc1ccnc(C)c1C(=O)N1CCC(C)(N2CCC(N3C(=O)N(CC4CCC(F)(F)CC4)CC3C)CC2)CC1. The lowest BCUT2D eigenvalue weighted by molar-refractivity contribution is -0.0474. The summed E-state index contributed by atoms with van der Waals surface area (Å²) in [5.41, 5.74) is 2.56. The number of carbonyl (C=O) groups excluding carboxylic acids is 2. The predicted octanol–water partition coefficient (Wildman–Crippen LogP) is 5.11. The van der Waals surface area contributed by atoms with Crippen LogP contribution in [0.5, 0.6) is 0 Å². The van der Waals surface area contributed by atoms with Crippen LogP contribution < -0.4 is 0 Å². The Morgan fingerprint density at radius 1 is 1.03 bits per heavy atom. The zero-order valence-corrected chi connectivity index (χ0v) is 24.1. The molecule has 1 aromatic heterocycles. The Hall–Kier alpha value is -2.29. The molecule has 1 atom stereocenters. The normalized spacial score (nSPS) is 26.9. The number of alkyl halides is 2. The maximum Gasteiger partial charge on any atom is 0.320 e. The van der Waals surface area contributed by atoms with Gasteiger partial charge >= 0.3 is 6.03 Å². The Balaban J connectivity index is 1.12. The molecule has 5 rings (SSSR count). The number of rotatable bonds is 5. The van der Waals surface area contributed by atoms with Crippen molar-refractivity contribution in [2.24, 2.45) is 5.92 Å². The molecule has 4 aliphatic rings. The third kappa shape index (κ3) is 5.79. The van der Waals surface area contributed by atoms with Gasteiger partial charge in [0.1, 0.15) is 0 Å². The fourth-order valence-corrected chi connectivity index (χ4v) is 7.47. The van der Waals surface area contributed by atoms with Crippen molar-refractivity contribution in [3.63, 3.8) is 0 Å². The van der Waals surface area contributed by atoms with E-state index in [1.807, 2.05) is 29.7 Å². The number of likely N-dealkylation sites (tertiary alicyclic amines) is 2. The Morgan fingerprint density at radius 2 is 1.67 bits per heavy atom. The number of hydrogen-bond donors (Lipinski definition) is 0. The summed E-state index contributed by atoms with van der Waals surface area (Å²) >= 11 is 0. The highest BCUT2D eigenvalue weighted by Crippen LogP contribution is 2.38. The van der Waals surface area contributed by atoms with Crippen molar-refractivity contribution in [1.82, 2.24) is 24.6 Å². The van der Waals surface area contributed by atoms with Gasteiger partial charge in [0.25, 0.3) is 5.91 Å². The van der Waals surface area contributed by atoms with Gasteiger partial charge in [-0.15, -0.1) is 0 Å². The second-order valence-corrected chi connectivity index (χ2v) is 12.8. The van der Waals surface area contributed by atoms with E-state index < -0.39 is 5.92 Å². The first-order chi connectivity index (χ1) is 18.5. The molecule has 0 radical (unpaired) electrons. The minimum Gasteiger partial charge on any atom is -0.338 e. The van der Waals surface area contributed by atoms with Crippen molar-refractivity contribution in [3.05, 3.63) is 29.1 Å². The van der Waals surface area contributed by atoms with Crippen molar-refractivity contribution < 1.29 is 18.4 Å². The topological polar surface area (TPSA) is 60.0 Å². The minimum atomic E-state index is -2.53. The van der Waals surface area contributed by atoms with Gasteiger partial charge in [0.2, 0.25) is 5.92 Å². The molecule has 3 saturated heterocycles. The summed E-state index contributed by atoms with van der Waals surface area (Å²) in [5, 5.41) is 0. The Morgan fingerprint density at radius 3 is 2.28 bits per heavy atom. The molecule has 4 heterocycles. The molecule has 7 nitrogen and oxygen atoms in total. The van der Waals surface area contributed by atoms with Crippen molar-refractivity contribution in [2.45, 2.75) is 103 Å². The lowest BCUT2D eigenvalue weighted by atomic mass is 9.85. The number of urea groups is 1. The van der Waals surface area contributed by atoms with Crippen molar-refractivity contribution in [1.29, 1.82) is 0 Å². The van der Waals surface area contributed by atoms with Crippen molar-refractivity contribution >= 4 is 11.9 Å². The third-order valence-electron chi connectivity index (χ3n) is 10.1. The summed E-state index contributed by atoms with van der Waals surface area (Å²) in [5.74, 6) is -2.25. The molecule has 1 aromatic rings. The van der Waals surface area contributed by atoms with Gasteiger partial charge in [-0.1, -0.05) is 0 Å². The molecule has 1 unspecified atom stereocenters. The van der Waals surface area contributed by atoms with Crippen LogP contribution in [0.25, 0.3) is 0 Å². The summed E-state index contributed by atoms with van der Waals surface area (Å²) in [6.07, 6.45) is 6.45. The number of piperidine rings is 2. The Labute approximate surface area is 231 Å². The Kier molecular flexibility index (Phi) is 7.92. The van der Waals surface area contributed by atoms with Crippen LogP contribution in [0.2, 0.25) is 0 Å². The van der Waals surface area contributed by atoms with E-state index in [0.29, 0.717) is 25.9 Å². The lowest BCUT2D eigenvalue weighted by Crippen LogP contribution is -2.58. The van der Waals surface area contributed by atoms with E-state index in [1.54, 1.807) is 6.20 Å². The van der Waals surface area contributed by atoms with Gasteiger partial charge in [-0.05, 0) is 83.8 Å². The van der Waals surface area contributed by atoms with Crippen LogP contribution in [0.15, 0.2) is 12.3 Å². The average Bonchev–Trinajstić information content (AvgIpc) is 3.18. The van der Waals surface area contributed by atoms with Crippen LogP contribution in [0.1, 0.15) is 86.8 Å². The number of aromatic nitrogens is 1. The van der Waals surface area contributed by atoms with E-state index in [4.69, 9.17) is 0 Å². The number of pyridine rings is 1. The fourth-order valence-electron chi connectivity index (χ4n) is 7.47. The van der Waals surface area contributed by atoms with Crippen LogP contribution in [0.3, 0.4) is 0 Å². The number of nitrogens with zero attached hydrogens (tertiary/aromatic N) is 5. The highest BCUT2D eigenvalue weighted by atomic mass is 19.3. The van der Waals surface area contributed by atoms with Crippen LogP contribution >= 0.6 is 0 Å². The summed E-state index contributed by atoms with van der Waals surface area (Å²) in [4.78, 5) is 39.5. The first-order valence-corrected chi connectivity index (χ1v) is 14.9. The van der Waals surface area contributed by atoms with Gasteiger partial charge in [0.15, 0.2) is 0 Å². The number of hydrogen-bond acceptors (Lipinski definition) is 4. The third-order valence-corrected chi connectivity index (χ3v) is 10.1. The standard InChI is InChI=1S/C30H45F2N5O2/c1-21-7-14-33-23(3)26(21)27(38)34-17-12-29(4,13-18-34)36-15-8-25(9-16-36)37-22(2)19-35(28(37)39)20-24-5-10-30(31,32)11-6-24/h7,14,22,24-25H,5-6,8-13,15-20H2,1-4H3. The van der Waals surface area contributed by atoms with Crippen LogP contribution in [-0.2, 0) is 0 Å². The molecule has 9 heteroatoms. The van der Waals surface area contributed by atoms with Gasteiger partial charge in [0.05, 0.1) is 11.3 Å². The van der Waals surface area contributed by atoms with Crippen LogP contribution in [-0.4, -0.2) is 99.3 Å². The minimum absolute atomic E-state index is 0.0507. The maximum atomic E-state index is 13.6. The number of halogens is 2. The molecule has 4 fully saturated rings. The lowest BCUT2D eigenvalue weighted by Gasteiger charge is -2.50. The molecule has 0 aromatic carbocycles. The molecule has 1 aliphatic carbocycles. The number of carbonyl (C=O) groups is 2. The van der Waals surface area contributed by atoms with Gasteiger partial charge < -0.3 is 14.7 Å². The van der Waals surface area contributed by atoms with Gasteiger partial charge in [0, 0.05) is 75.9 Å². The van der Waals surface area contributed by atoms with Gasteiger partial charge in [-0.2, -0.15) is 0 Å². The van der Waals surface area contributed by atoms with E-state index in [0.717, 1.165) is 68.7 Å². The zero-order valence-electron chi connectivity index (χ0n) is 24.1. The van der Waals surface area contributed by atoms with E-state index in [2.05, 4.69) is 28.6 Å². The van der Waals surface area contributed by atoms with E-state index in [1.165, 1.54) is 0 Å². The summed E-state index contributed by atoms with van der Waals surface area (Å²) in [6, 6.07) is 2.38. The van der Waals surface area contributed by atoms with E-state index in [9.17, 15) is 18.4 Å². The summed E-state index contributed by atoms with van der Waals surface area (Å²) in [6.45, 7) is 13.0. The van der Waals surface area contributed by atoms with E-state index >= 15 is 0 Å². The largest absolute Gasteiger partial charge is 0.338 e.